The van der Waals surface area contributed by atoms with Gasteiger partial charge in [-0.15, -0.1) is 0 Å². The smallest absolute Gasteiger partial charge is 0.258 e. The average Bonchev–Trinajstić information content (AvgIpc) is 2.99. The number of nitrogens with one attached hydrogen (secondary N) is 1. The number of benzene rings is 1. The van der Waals surface area contributed by atoms with Crippen molar-refractivity contribution >= 4 is 11.7 Å². The van der Waals surface area contributed by atoms with E-state index >= 15 is 0 Å². The zero-order chi connectivity index (χ0) is 17.9. The molecule has 0 atom stereocenters. The van der Waals surface area contributed by atoms with Crippen LogP contribution >= 0.6 is 0 Å². The summed E-state index contributed by atoms with van der Waals surface area (Å²) in [5.41, 5.74) is 2.48. The third-order valence-corrected chi connectivity index (χ3v) is 3.89. The highest BCUT2D eigenvalue weighted by molar-refractivity contribution is 6.03. The van der Waals surface area contributed by atoms with Gasteiger partial charge in [0.05, 0.1) is 17.8 Å². The molecule has 0 bridgehead atoms. The average molecular weight is 334 g/mol. The number of rotatable bonds is 4. The Morgan fingerprint density at radius 2 is 1.88 bits per heavy atom. The van der Waals surface area contributed by atoms with E-state index in [9.17, 15) is 4.79 Å². The fourth-order valence-corrected chi connectivity index (χ4v) is 2.45. The number of pyridine rings is 1. The molecule has 0 radical (unpaired) electrons. The molecule has 0 aliphatic carbocycles. The van der Waals surface area contributed by atoms with E-state index in [4.69, 9.17) is 5.10 Å². The van der Waals surface area contributed by atoms with E-state index in [2.05, 4.69) is 31.1 Å². The lowest BCUT2D eigenvalue weighted by atomic mass is 9.92. The Bertz CT molecular complexity index is 848. The number of nitrogens with zero attached hydrogens (tertiary/aromatic N) is 3. The van der Waals surface area contributed by atoms with Gasteiger partial charge in [0.2, 0.25) is 0 Å². The zero-order valence-corrected chi connectivity index (χ0v) is 14.7. The lowest BCUT2D eigenvalue weighted by Gasteiger charge is -2.14. The summed E-state index contributed by atoms with van der Waals surface area (Å²) in [5, 5.41) is 7.67. The van der Waals surface area contributed by atoms with Gasteiger partial charge >= 0.3 is 0 Å². The van der Waals surface area contributed by atoms with Gasteiger partial charge in [-0.3, -0.25) is 9.78 Å². The Morgan fingerprint density at radius 1 is 1.12 bits per heavy atom. The molecule has 3 aromatic rings. The molecule has 0 aliphatic heterocycles. The van der Waals surface area contributed by atoms with Gasteiger partial charge in [0.1, 0.15) is 5.82 Å². The van der Waals surface area contributed by atoms with Crippen LogP contribution in [-0.2, 0) is 12.0 Å². The highest BCUT2D eigenvalue weighted by Crippen LogP contribution is 2.25. The minimum Gasteiger partial charge on any atom is -0.307 e. The number of aromatic nitrogens is 3. The molecular weight excluding hydrogens is 312 g/mol. The minimum atomic E-state index is -0.192. The molecule has 1 aromatic carbocycles. The van der Waals surface area contributed by atoms with Crippen molar-refractivity contribution in [1.29, 1.82) is 0 Å². The van der Waals surface area contributed by atoms with E-state index in [1.54, 1.807) is 24.5 Å². The lowest BCUT2D eigenvalue weighted by Crippen LogP contribution is -2.16. The Labute approximate surface area is 147 Å². The van der Waals surface area contributed by atoms with Crippen LogP contribution < -0.4 is 5.32 Å². The molecule has 25 heavy (non-hydrogen) atoms. The van der Waals surface area contributed by atoms with Gasteiger partial charge in [-0.05, 0) is 17.7 Å². The van der Waals surface area contributed by atoms with Crippen LogP contribution in [0.15, 0.2) is 60.9 Å². The van der Waals surface area contributed by atoms with Gasteiger partial charge in [-0.25, -0.2) is 4.68 Å². The van der Waals surface area contributed by atoms with Gasteiger partial charge in [-0.2, -0.15) is 5.10 Å². The predicted molar refractivity (Wildman–Crippen MR) is 98.7 cm³/mol. The second-order valence-electron chi connectivity index (χ2n) is 7.00. The second-order valence-corrected chi connectivity index (χ2v) is 7.00. The summed E-state index contributed by atoms with van der Waals surface area (Å²) in [6.45, 7) is 6.91. The fourth-order valence-electron chi connectivity index (χ4n) is 2.45. The SMILES string of the molecule is CC(C)(C)c1cc(NC(=O)c2cccnc2)n(Cc2ccccc2)n1. The highest BCUT2D eigenvalue weighted by Gasteiger charge is 2.21. The molecule has 2 heterocycles. The maximum atomic E-state index is 12.5. The van der Waals surface area contributed by atoms with Crippen LogP contribution in [-0.4, -0.2) is 20.7 Å². The first kappa shape index (κ1) is 16.9. The zero-order valence-electron chi connectivity index (χ0n) is 14.7. The molecule has 0 unspecified atom stereocenters. The summed E-state index contributed by atoms with van der Waals surface area (Å²) in [6.07, 6.45) is 3.20. The van der Waals surface area contributed by atoms with Crippen molar-refractivity contribution in [2.45, 2.75) is 32.7 Å². The lowest BCUT2D eigenvalue weighted by molar-refractivity contribution is 0.102. The molecule has 0 saturated carbocycles. The van der Waals surface area contributed by atoms with E-state index in [1.807, 2.05) is 41.1 Å². The number of carbonyl (C=O) groups is 1. The molecule has 2 aromatic heterocycles. The van der Waals surface area contributed by atoms with Crippen molar-refractivity contribution in [3.05, 3.63) is 77.7 Å². The number of anilines is 1. The number of hydrogen-bond donors (Lipinski definition) is 1. The van der Waals surface area contributed by atoms with Gasteiger partial charge in [0.15, 0.2) is 0 Å². The highest BCUT2D eigenvalue weighted by atomic mass is 16.1. The maximum absolute atomic E-state index is 12.5. The van der Waals surface area contributed by atoms with E-state index < -0.39 is 0 Å². The largest absolute Gasteiger partial charge is 0.307 e. The van der Waals surface area contributed by atoms with Gasteiger partial charge in [-0.1, -0.05) is 51.1 Å². The van der Waals surface area contributed by atoms with Crippen LogP contribution in [0.5, 0.6) is 0 Å². The summed E-state index contributed by atoms with van der Waals surface area (Å²) in [5.74, 6) is 0.491. The molecule has 0 aliphatic rings. The first-order chi connectivity index (χ1) is 11.9. The quantitative estimate of drug-likeness (QED) is 0.788. The topological polar surface area (TPSA) is 59.8 Å². The van der Waals surface area contributed by atoms with Gasteiger partial charge in [0.25, 0.3) is 5.91 Å². The van der Waals surface area contributed by atoms with Crippen LogP contribution in [0.4, 0.5) is 5.82 Å². The Morgan fingerprint density at radius 3 is 2.52 bits per heavy atom. The molecule has 5 nitrogen and oxygen atoms in total. The van der Waals surface area contributed by atoms with Crippen LogP contribution in [0.1, 0.15) is 42.4 Å². The van der Waals surface area contributed by atoms with Crippen LogP contribution in [0.3, 0.4) is 0 Å². The van der Waals surface area contributed by atoms with Gasteiger partial charge in [0, 0.05) is 23.9 Å². The molecule has 0 saturated heterocycles. The predicted octanol–water partition coefficient (Wildman–Crippen LogP) is 3.88. The molecular formula is C20H22N4O. The van der Waals surface area contributed by atoms with Crippen molar-refractivity contribution < 1.29 is 4.79 Å². The molecule has 0 spiro atoms. The normalized spacial score (nSPS) is 11.3. The number of amides is 1. The third kappa shape index (κ3) is 4.12. The minimum absolute atomic E-state index is 0.101. The Kier molecular flexibility index (Phi) is 4.65. The van der Waals surface area contributed by atoms with E-state index in [-0.39, 0.29) is 11.3 Å². The summed E-state index contributed by atoms with van der Waals surface area (Å²) in [4.78, 5) is 16.5. The fraction of sp³-hybridized carbons (Fsp3) is 0.250. The van der Waals surface area contributed by atoms with Crippen molar-refractivity contribution in [3.63, 3.8) is 0 Å². The van der Waals surface area contributed by atoms with E-state index in [0.717, 1.165) is 11.3 Å². The van der Waals surface area contributed by atoms with Crippen molar-refractivity contribution in [3.8, 4) is 0 Å². The summed E-state index contributed by atoms with van der Waals surface area (Å²) in [6, 6.07) is 15.5. The summed E-state index contributed by atoms with van der Waals surface area (Å²) < 4.78 is 1.84. The van der Waals surface area contributed by atoms with Gasteiger partial charge < -0.3 is 5.32 Å². The number of hydrogen-bond acceptors (Lipinski definition) is 3. The van der Waals surface area contributed by atoms with Crippen molar-refractivity contribution in [1.82, 2.24) is 14.8 Å². The van der Waals surface area contributed by atoms with E-state index in [0.29, 0.717) is 17.9 Å². The Hall–Kier alpha value is -2.95. The van der Waals surface area contributed by atoms with Crippen LogP contribution in [0, 0.1) is 0 Å². The summed E-state index contributed by atoms with van der Waals surface area (Å²) in [7, 11) is 0. The monoisotopic (exact) mass is 334 g/mol. The van der Waals surface area contributed by atoms with Crippen molar-refractivity contribution in [2.24, 2.45) is 0 Å². The standard InChI is InChI=1S/C20H22N4O/c1-20(2,3)17-12-18(22-19(25)16-10-7-11-21-13-16)24(23-17)14-15-8-5-4-6-9-15/h4-13H,14H2,1-3H3,(H,22,25). The summed E-state index contributed by atoms with van der Waals surface area (Å²) >= 11 is 0. The first-order valence-electron chi connectivity index (χ1n) is 8.27. The molecule has 5 heteroatoms. The molecule has 1 N–H and O–H groups in total. The molecule has 0 fully saturated rings. The first-order valence-corrected chi connectivity index (χ1v) is 8.27. The van der Waals surface area contributed by atoms with Crippen LogP contribution in [0.2, 0.25) is 0 Å². The maximum Gasteiger partial charge on any atom is 0.258 e. The second kappa shape index (κ2) is 6.89. The van der Waals surface area contributed by atoms with Crippen molar-refractivity contribution in [2.75, 3.05) is 5.32 Å². The molecule has 1 amide bonds. The molecule has 128 valence electrons. The number of carbonyl (C=O) groups excluding carboxylic acids is 1. The Balaban J connectivity index is 1.91. The molecule has 3 rings (SSSR count). The third-order valence-electron chi connectivity index (χ3n) is 3.89. The van der Waals surface area contributed by atoms with E-state index in [1.165, 1.54) is 0 Å². The van der Waals surface area contributed by atoms with Crippen LogP contribution in [0.25, 0.3) is 0 Å².